The SMILES string of the molecule is CC(C)(CCNC(=S)NCCC(C)(C)CC(=O)O)CC(=O)O. The lowest BCUT2D eigenvalue weighted by Crippen LogP contribution is -2.38. The second kappa shape index (κ2) is 8.92. The number of hydrogen-bond donors (Lipinski definition) is 4. The minimum Gasteiger partial charge on any atom is -0.481 e. The third-order valence-electron chi connectivity index (χ3n) is 3.43. The molecule has 0 unspecified atom stereocenters. The van der Waals surface area contributed by atoms with Gasteiger partial charge in [-0.05, 0) is 35.9 Å². The summed E-state index contributed by atoms with van der Waals surface area (Å²) in [5.41, 5.74) is -0.560. The third-order valence-corrected chi connectivity index (χ3v) is 3.72. The lowest BCUT2D eigenvalue weighted by molar-refractivity contribution is -0.140. The molecule has 6 nitrogen and oxygen atoms in total. The van der Waals surface area contributed by atoms with Gasteiger partial charge in [0.1, 0.15) is 0 Å². The van der Waals surface area contributed by atoms with Gasteiger partial charge in [-0.25, -0.2) is 0 Å². The van der Waals surface area contributed by atoms with Crippen molar-refractivity contribution in [3.05, 3.63) is 0 Å². The smallest absolute Gasteiger partial charge is 0.303 e. The summed E-state index contributed by atoms with van der Waals surface area (Å²) in [7, 11) is 0. The number of hydrogen-bond acceptors (Lipinski definition) is 3. The van der Waals surface area contributed by atoms with Gasteiger partial charge in [0.2, 0.25) is 0 Å². The van der Waals surface area contributed by atoms with Gasteiger partial charge in [-0.1, -0.05) is 27.7 Å². The summed E-state index contributed by atoms with van der Waals surface area (Å²) in [5.74, 6) is -1.60. The maximum atomic E-state index is 10.7. The van der Waals surface area contributed by atoms with E-state index in [-0.39, 0.29) is 23.7 Å². The fourth-order valence-corrected chi connectivity index (χ4v) is 2.29. The molecule has 0 aromatic heterocycles. The Bertz CT molecular complexity index is 372. The summed E-state index contributed by atoms with van der Waals surface area (Å²) in [6, 6.07) is 0. The molecule has 128 valence electrons. The zero-order valence-electron chi connectivity index (χ0n) is 13.9. The van der Waals surface area contributed by atoms with Crippen LogP contribution in [0.4, 0.5) is 0 Å². The average molecular weight is 332 g/mol. The van der Waals surface area contributed by atoms with Gasteiger partial charge in [0.25, 0.3) is 0 Å². The molecule has 4 N–H and O–H groups in total. The predicted octanol–water partition coefficient (Wildman–Crippen LogP) is 2.23. The molecule has 0 amide bonds. The van der Waals surface area contributed by atoms with Gasteiger partial charge >= 0.3 is 11.9 Å². The lowest BCUT2D eigenvalue weighted by Gasteiger charge is -2.24. The Morgan fingerprint density at radius 2 is 1.18 bits per heavy atom. The average Bonchev–Trinajstić information content (AvgIpc) is 2.23. The maximum absolute atomic E-state index is 10.7. The minimum absolute atomic E-state index is 0.123. The summed E-state index contributed by atoms with van der Waals surface area (Å²) < 4.78 is 0. The first-order valence-corrected chi connectivity index (χ1v) is 7.80. The highest BCUT2D eigenvalue weighted by Crippen LogP contribution is 2.24. The van der Waals surface area contributed by atoms with Crippen LogP contribution in [-0.2, 0) is 9.59 Å². The van der Waals surface area contributed by atoms with E-state index in [4.69, 9.17) is 22.4 Å². The zero-order valence-corrected chi connectivity index (χ0v) is 14.7. The van der Waals surface area contributed by atoms with E-state index in [9.17, 15) is 9.59 Å². The Morgan fingerprint density at radius 3 is 1.45 bits per heavy atom. The first-order valence-electron chi connectivity index (χ1n) is 7.39. The number of carboxylic acid groups (broad SMARTS) is 2. The Kier molecular flexibility index (Phi) is 8.37. The Morgan fingerprint density at radius 1 is 0.864 bits per heavy atom. The third kappa shape index (κ3) is 11.3. The van der Waals surface area contributed by atoms with Gasteiger partial charge in [-0.3, -0.25) is 9.59 Å². The van der Waals surface area contributed by atoms with E-state index in [0.717, 1.165) is 0 Å². The standard InChI is InChI=1S/C15H28N2O4S/c1-14(2,9-11(18)19)5-7-16-13(22)17-8-6-15(3,4)10-12(20)21/h5-10H2,1-4H3,(H,18,19)(H,20,21)(H2,16,17,22). The highest BCUT2D eigenvalue weighted by molar-refractivity contribution is 7.80. The van der Waals surface area contributed by atoms with Crippen molar-refractivity contribution in [1.29, 1.82) is 0 Å². The fraction of sp³-hybridized carbons (Fsp3) is 0.800. The van der Waals surface area contributed by atoms with Crippen molar-refractivity contribution in [3.8, 4) is 0 Å². The van der Waals surface area contributed by atoms with E-state index in [0.29, 0.717) is 31.0 Å². The van der Waals surface area contributed by atoms with Crippen molar-refractivity contribution in [2.24, 2.45) is 10.8 Å². The summed E-state index contributed by atoms with van der Waals surface area (Å²) >= 11 is 5.15. The number of thiocarbonyl (C=S) groups is 1. The topological polar surface area (TPSA) is 98.7 Å². The second-order valence-electron chi connectivity index (χ2n) is 7.15. The molecule has 0 saturated carbocycles. The molecule has 0 aliphatic heterocycles. The van der Waals surface area contributed by atoms with Crippen molar-refractivity contribution < 1.29 is 19.8 Å². The normalized spacial score (nSPS) is 11.8. The molecule has 0 atom stereocenters. The van der Waals surface area contributed by atoms with Crippen LogP contribution >= 0.6 is 12.2 Å². The minimum atomic E-state index is -0.800. The molecule has 0 aromatic carbocycles. The number of carboxylic acids is 2. The van der Waals surface area contributed by atoms with Crippen LogP contribution in [0.15, 0.2) is 0 Å². The molecule has 0 aliphatic carbocycles. The summed E-state index contributed by atoms with van der Waals surface area (Å²) in [4.78, 5) is 21.4. The van der Waals surface area contributed by atoms with Crippen LogP contribution in [0, 0.1) is 10.8 Å². The molecular formula is C15H28N2O4S. The largest absolute Gasteiger partial charge is 0.481 e. The number of rotatable bonds is 10. The first kappa shape index (κ1) is 20.6. The predicted molar refractivity (Wildman–Crippen MR) is 89.9 cm³/mol. The van der Waals surface area contributed by atoms with E-state index in [1.165, 1.54) is 0 Å². The maximum Gasteiger partial charge on any atom is 0.303 e. The molecule has 0 aromatic rings. The summed E-state index contributed by atoms with van der Waals surface area (Å²) in [6.07, 6.45) is 1.65. The van der Waals surface area contributed by atoms with Crippen molar-refractivity contribution in [2.75, 3.05) is 13.1 Å². The lowest BCUT2D eigenvalue weighted by atomic mass is 9.86. The van der Waals surface area contributed by atoms with Crippen LogP contribution < -0.4 is 10.6 Å². The Hall–Kier alpha value is -1.37. The monoisotopic (exact) mass is 332 g/mol. The zero-order chi connectivity index (χ0) is 17.4. The number of aliphatic carboxylic acids is 2. The van der Waals surface area contributed by atoms with Crippen LogP contribution in [0.2, 0.25) is 0 Å². The van der Waals surface area contributed by atoms with Crippen molar-refractivity contribution >= 4 is 29.3 Å². The van der Waals surface area contributed by atoms with Crippen LogP contribution in [0.3, 0.4) is 0 Å². The van der Waals surface area contributed by atoms with Gasteiger partial charge in [-0.2, -0.15) is 0 Å². The van der Waals surface area contributed by atoms with Gasteiger partial charge in [-0.15, -0.1) is 0 Å². The van der Waals surface area contributed by atoms with E-state index in [2.05, 4.69) is 10.6 Å². The van der Waals surface area contributed by atoms with Gasteiger partial charge in [0.15, 0.2) is 5.11 Å². The van der Waals surface area contributed by atoms with E-state index < -0.39 is 11.9 Å². The highest BCUT2D eigenvalue weighted by atomic mass is 32.1. The van der Waals surface area contributed by atoms with Gasteiger partial charge in [0, 0.05) is 13.1 Å². The van der Waals surface area contributed by atoms with Crippen LogP contribution in [0.1, 0.15) is 53.4 Å². The van der Waals surface area contributed by atoms with Crippen LogP contribution in [-0.4, -0.2) is 40.4 Å². The number of carbonyl (C=O) groups is 2. The van der Waals surface area contributed by atoms with Crippen molar-refractivity contribution in [2.45, 2.75) is 53.4 Å². The molecule has 22 heavy (non-hydrogen) atoms. The van der Waals surface area contributed by atoms with E-state index in [1.807, 2.05) is 27.7 Å². The molecule has 0 aliphatic rings. The fourth-order valence-electron chi connectivity index (χ4n) is 2.09. The molecule has 0 rings (SSSR count). The van der Waals surface area contributed by atoms with Crippen LogP contribution in [0.5, 0.6) is 0 Å². The van der Waals surface area contributed by atoms with Crippen molar-refractivity contribution in [1.82, 2.24) is 10.6 Å². The Balaban J connectivity index is 3.92. The molecule has 0 radical (unpaired) electrons. The molecule has 0 heterocycles. The summed E-state index contributed by atoms with van der Waals surface area (Å²) in [6.45, 7) is 8.85. The molecular weight excluding hydrogens is 304 g/mol. The summed E-state index contributed by atoms with van der Waals surface area (Å²) in [5, 5.41) is 24.2. The number of nitrogens with one attached hydrogen (secondary N) is 2. The van der Waals surface area contributed by atoms with E-state index in [1.54, 1.807) is 0 Å². The second-order valence-corrected chi connectivity index (χ2v) is 7.56. The van der Waals surface area contributed by atoms with Crippen molar-refractivity contribution in [3.63, 3.8) is 0 Å². The molecule has 7 heteroatoms. The highest BCUT2D eigenvalue weighted by Gasteiger charge is 2.22. The first-order chi connectivity index (χ1) is 9.93. The van der Waals surface area contributed by atoms with Gasteiger partial charge in [0.05, 0.1) is 12.8 Å². The molecule has 0 spiro atoms. The van der Waals surface area contributed by atoms with E-state index >= 15 is 0 Å². The quantitative estimate of drug-likeness (QED) is 0.455. The molecule has 0 bridgehead atoms. The van der Waals surface area contributed by atoms with Gasteiger partial charge < -0.3 is 20.8 Å². The molecule has 0 saturated heterocycles. The van der Waals surface area contributed by atoms with Crippen LogP contribution in [0.25, 0.3) is 0 Å². The molecule has 0 fully saturated rings. The Labute approximate surface area is 137 Å².